The molecule has 0 bridgehead atoms. The molecule has 5 heteroatoms. The maximum atomic E-state index is 8.73. The third-order valence-electron chi connectivity index (χ3n) is 3.15. The molecule has 0 aliphatic rings. The van der Waals surface area contributed by atoms with Crippen molar-refractivity contribution in [1.29, 1.82) is 5.26 Å². The number of nitriles is 1. The summed E-state index contributed by atoms with van der Waals surface area (Å²) in [5.41, 5.74) is 2.07. The van der Waals surface area contributed by atoms with Gasteiger partial charge >= 0.3 is 0 Å². The van der Waals surface area contributed by atoms with Crippen LogP contribution in [0.25, 0.3) is 5.52 Å². The molecule has 0 aliphatic heterocycles. The molecule has 0 fully saturated rings. The summed E-state index contributed by atoms with van der Waals surface area (Å²) in [5, 5.41) is 13.3. The van der Waals surface area contributed by atoms with Crippen LogP contribution in [0.15, 0.2) is 18.5 Å². The van der Waals surface area contributed by atoms with E-state index in [-0.39, 0.29) is 0 Å². The fourth-order valence-electron chi connectivity index (χ4n) is 2.05. The second-order valence-corrected chi connectivity index (χ2v) is 4.79. The fraction of sp³-hybridized carbons (Fsp3) is 0.500. The molecule has 0 atom stereocenters. The lowest BCUT2D eigenvalue weighted by molar-refractivity contribution is 0.780. The van der Waals surface area contributed by atoms with E-state index in [4.69, 9.17) is 5.26 Å². The van der Waals surface area contributed by atoms with Crippen molar-refractivity contribution in [3.8, 4) is 6.07 Å². The van der Waals surface area contributed by atoms with Crippen molar-refractivity contribution >= 4 is 11.3 Å². The van der Waals surface area contributed by atoms with Gasteiger partial charge in [-0.15, -0.1) is 0 Å². The van der Waals surface area contributed by atoms with E-state index in [0.717, 1.165) is 23.6 Å². The number of nitrogens with zero attached hydrogens (tertiary/aromatic N) is 5. The van der Waals surface area contributed by atoms with E-state index in [1.807, 2.05) is 10.7 Å². The maximum absolute atomic E-state index is 8.73. The first-order valence-electron chi connectivity index (χ1n) is 6.63. The van der Waals surface area contributed by atoms with E-state index in [0.29, 0.717) is 18.9 Å². The van der Waals surface area contributed by atoms with Crippen LogP contribution in [0.5, 0.6) is 0 Å². The van der Waals surface area contributed by atoms with Crippen LogP contribution in [-0.4, -0.2) is 27.7 Å². The minimum Gasteiger partial charge on any atom is -0.354 e. The van der Waals surface area contributed by atoms with Crippen molar-refractivity contribution in [2.24, 2.45) is 0 Å². The molecule has 0 saturated carbocycles. The maximum Gasteiger partial charge on any atom is 0.154 e. The predicted octanol–water partition coefficient (Wildman–Crippen LogP) is 2.59. The molecule has 19 heavy (non-hydrogen) atoms. The first-order chi connectivity index (χ1) is 9.17. The van der Waals surface area contributed by atoms with Crippen molar-refractivity contribution < 1.29 is 0 Å². The molecule has 2 heterocycles. The molecule has 0 amide bonds. The molecule has 0 radical (unpaired) electrons. The highest BCUT2D eigenvalue weighted by Crippen LogP contribution is 2.22. The topological polar surface area (TPSA) is 57.2 Å². The minimum absolute atomic E-state index is 0.391. The average molecular weight is 257 g/mol. The van der Waals surface area contributed by atoms with E-state index in [1.165, 1.54) is 0 Å². The molecule has 5 nitrogen and oxygen atoms in total. The molecule has 0 unspecified atom stereocenters. The van der Waals surface area contributed by atoms with Gasteiger partial charge in [0.25, 0.3) is 0 Å². The van der Waals surface area contributed by atoms with Crippen LogP contribution < -0.4 is 4.90 Å². The van der Waals surface area contributed by atoms with Crippen molar-refractivity contribution in [2.45, 2.75) is 33.1 Å². The Balaban J connectivity index is 2.44. The summed E-state index contributed by atoms with van der Waals surface area (Å²) >= 11 is 0. The van der Waals surface area contributed by atoms with Gasteiger partial charge in [-0.1, -0.05) is 13.8 Å². The first-order valence-corrected chi connectivity index (χ1v) is 6.63. The van der Waals surface area contributed by atoms with Crippen LogP contribution in [0.3, 0.4) is 0 Å². The zero-order valence-electron chi connectivity index (χ0n) is 11.7. The molecular weight excluding hydrogens is 238 g/mol. The molecule has 0 saturated heterocycles. The van der Waals surface area contributed by atoms with Gasteiger partial charge in [0.05, 0.1) is 18.2 Å². The number of anilines is 1. The van der Waals surface area contributed by atoms with Gasteiger partial charge in [0, 0.05) is 25.5 Å². The van der Waals surface area contributed by atoms with Gasteiger partial charge in [-0.2, -0.15) is 10.4 Å². The zero-order chi connectivity index (χ0) is 13.8. The summed E-state index contributed by atoms with van der Waals surface area (Å²) in [4.78, 5) is 6.57. The molecule has 100 valence electrons. The number of aromatic nitrogens is 3. The molecular formula is C14H19N5. The zero-order valence-corrected chi connectivity index (χ0v) is 11.7. The largest absolute Gasteiger partial charge is 0.354 e. The van der Waals surface area contributed by atoms with Crippen LogP contribution in [-0.2, 0) is 0 Å². The van der Waals surface area contributed by atoms with Gasteiger partial charge in [0.1, 0.15) is 5.52 Å². The lowest BCUT2D eigenvalue weighted by Crippen LogP contribution is -2.25. The summed E-state index contributed by atoms with van der Waals surface area (Å²) < 4.78 is 1.87. The fourth-order valence-corrected chi connectivity index (χ4v) is 2.05. The van der Waals surface area contributed by atoms with Gasteiger partial charge in [0.2, 0.25) is 0 Å². The molecule has 0 aliphatic carbocycles. The number of hydrogen-bond acceptors (Lipinski definition) is 4. The highest BCUT2D eigenvalue weighted by Gasteiger charge is 2.13. The lowest BCUT2D eigenvalue weighted by Gasteiger charge is -2.20. The van der Waals surface area contributed by atoms with Crippen LogP contribution in [0.4, 0.5) is 5.82 Å². The molecule has 2 rings (SSSR count). The number of rotatable bonds is 5. The normalized spacial score (nSPS) is 10.9. The van der Waals surface area contributed by atoms with Crippen LogP contribution >= 0.6 is 0 Å². The summed E-state index contributed by atoms with van der Waals surface area (Å²) in [7, 11) is 0. The molecule has 0 N–H and O–H groups in total. The summed E-state index contributed by atoms with van der Waals surface area (Å²) in [6.07, 6.45) is 4.12. The lowest BCUT2D eigenvalue weighted by atomic mass is 10.1. The monoisotopic (exact) mass is 257 g/mol. The van der Waals surface area contributed by atoms with Gasteiger partial charge < -0.3 is 4.90 Å². The number of fused-ring (bicyclic) bond motifs is 1. The van der Waals surface area contributed by atoms with Gasteiger partial charge in [-0.3, -0.25) is 0 Å². The average Bonchev–Trinajstić information content (AvgIpc) is 2.84. The first kappa shape index (κ1) is 13.3. The van der Waals surface area contributed by atoms with Gasteiger partial charge in [-0.05, 0) is 18.9 Å². The van der Waals surface area contributed by atoms with E-state index in [9.17, 15) is 0 Å². The Morgan fingerprint density at radius 1 is 1.47 bits per heavy atom. The smallest absolute Gasteiger partial charge is 0.154 e. The summed E-state index contributed by atoms with van der Waals surface area (Å²) in [6, 6.07) is 4.27. The van der Waals surface area contributed by atoms with E-state index in [1.54, 1.807) is 6.20 Å². The Morgan fingerprint density at radius 2 is 2.26 bits per heavy atom. The Labute approximate surface area is 113 Å². The highest BCUT2D eigenvalue weighted by atomic mass is 15.3. The number of hydrogen-bond donors (Lipinski definition) is 0. The second kappa shape index (κ2) is 5.70. The molecule has 2 aromatic rings. The Kier molecular flexibility index (Phi) is 4.00. The highest BCUT2D eigenvalue weighted by molar-refractivity contribution is 5.69. The van der Waals surface area contributed by atoms with Crippen molar-refractivity contribution in [1.82, 2.24) is 14.6 Å². The van der Waals surface area contributed by atoms with E-state index in [2.05, 4.69) is 47.9 Å². The van der Waals surface area contributed by atoms with Crippen molar-refractivity contribution in [3.05, 3.63) is 24.2 Å². The summed E-state index contributed by atoms with van der Waals surface area (Å²) in [5.74, 6) is 1.29. The van der Waals surface area contributed by atoms with Crippen molar-refractivity contribution in [3.63, 3.8) is 0 Å². The van der Waals surface area contributed by atoms with E-state index >= 15 is 0 Å². The predicted molar refractivity (Wildman–Crippen MR) is 75.2 cm³/mol. The van der Waals surface area contributed by atoms with Crippen LogP contribution in [0.2, 0.25) is 0 Å². The van der Waals surface area contributed by atoms with Crippen LogP contribution in [0.1, 0.15) is 38.8 Å². The summed E-state index contributed by atoms with van der Waals surface area (Å²) in [6.45, 7) is 7.85. The standard InChI is InChI=1S/C14H19N5/c1-4-18(8-5-6-15)14-13-10-12(11(2)3)17-19(13)9-7-16-14/h7,9-11H,4-5,8H2,1-3H3. The third kappa shape index (κ3) is 2.68. The Morgan fingerprint density at radius 3 is 2.89 bits per heavy atom. The van der Waals surface area contributed by atoms with Gasteiger partial charge in [-0.25, -0.2) is 9.50 Å². The molecule has 0 spiro atoms. The minimum atomic E-state index is 0.391. The van der Waals surface area contributed by atoms with E-state index < -0.39 is 0 Å². The quantitative estimate of drug-likeness (QED) is 0.826. The molecule has 0 aromatic carbocycles. The Bertz CT molecular complexity index is 593. The second-order valence-electron chi connectivity index (χ2n) is 4.79. The van der Waals surface area contributed by atoms with Gasteiger partial charge in [0.15, 0.2) is 5.82 Å². The Hall–Kier alpha value is -2.09. The van der Waals surface area contributed by atoms with Crippen molar-refractivity contribution in [2.75, 3.05) is 18.0 Å². The molecule has 2 aromatic heterocycles. The SMILES string of the molecule is CCN(CCC#N)c1nccn2nc(C(C)C)cc12. The third-order valence-corrected chi connectivity index (χ3v) is 3.15. The van der Waals surface area contributed by atoms with Crippen LogP contribution in [0, 0.1) is 11.3 Å².